The molecular weight excluding hydrogens is 142 g/mol. The van der Waals surface area contributed by atoms with Gasteiger partial charge in [-0.15, -0.1) is 0 Å². The van der Waals surface area contributed by atoms with E-state index >= 15 is 0 Å². The molecule has 0 aliphatic rings. The molecule has 0 bridgehead atoms. The van der Waals surface area contributed by atoms with Crippen LogP contribution in [0.5, 0.6) is 0 Å². The van der Waals surface area contributed by atoms with Crippen molar-refractivity contribution in [2.45, 2.75) is 26.7 Å². The van der Waals surface area contributed by atoms with Gasteiger partial charge in [0.2, 0.25) is 0 Å². The van der Waals surface area contributed by atoms with E-state index in [1.165, 1.54) is 6.40 Å². The van der Waals surface area contributed by atoms with Crippen molar-refractivity contribution in [2.75, 3.05) is 13.2 Å². The summed E-state index contributed by atoms with van der Waals surface area (Å²) in [5.74, 6) is 0.170. The highest BCUT2D eigenvalue weighted by atomic mass is 16.5. The summed E-state index contributed by atoms with van der Waals surface area (Å²) in [6.07, 6.45) is 2.85. The first kappa shape index (κ1) is 10.1. The fourth-order valence-electron chi connectivity index (χ4n) is 0.624. The summed E-state index contributed by atoms with van der Waals surface area (Å²) in [4.78, 5) is 14.6. The first-order chi connectivity index (χ1) is 5.31. The first-order valence-electron chi connectivity index (χ1n) is 3.92. The molecule has 0 N–H and O–H groups in total. The van der Waals surface area contributed by atoms with Crippen LogP contribution in [0.2, 0.25) is 0 Å². The predicted molar refractivity (Wildman–Crippen MR) is 44.9 cm³/mol. The van der Waals surface area contributed by atoms with Crippen molar-refractivity contribution in [3.63, 3.8) is 0 Å². The molecule has 0 saturated carbocycles. The number of ketones is 1. The number of aliphatic imine (C=N–C) groups is 1. The van der Waals surface area contributed by atoms with Crippen LogP contribution in [0.15, 0.2) is 4.99 Å². The van der Waals surface area contributed by atoms with Crippen LogP contribution in [0.3, 0.4) is 0 Å². The van der Waals surface area contributed by atoms with Gasteiger partial charge in [0.05, 0.1) is 6.61 Å². The summed E-state index contributed by atoms with van der Waals surface area (Å²) in [6, 6.07) is 0. The largest absolute Gasteiger partial charge is 0.484 e. The maximum Gasteiger partial charge on any atom is 0.169 e. The van der Waals surface area contributed by atoms with Crippen molar-refractivity contribution < 1.29 is 9.53 Å². The quantitative estimate of drug-likeness (QED) is 0.432. The number of hydrogen-bond donors (Lipinski definition) is 0. The Morgan fingerprint density at radius 3 is 2.82 bits per heavy atom. The molecule has 0 aliphatic carbocycles. The summed E-state index contributed by atoms with van der Waals surface area (Å²) in [7, 11) is 0. The summed E-state index contributed by atoms with van der Waals surface area (Å²) in [5.41, 5.74) is 0. The molecule has 0 aromatic heterocycles. The minimum atomic E-state index is 0.170. The van der Waals surface area contributed by atoms with E-state index in [9.17, 15) is 4.79 Å². The van der Waals surface area contributed by atoms with Gasteiger partial charge in [0, 0.05) is 6.42 Å². The van der Waals surface area contributed by atoms with Crippen molar-refractivity contribution in [3.8, 4) is 0 Å². The Morgan fingerprint density at radius 1 is 1.55 bits per heavy atom. The molecule has 0 atom stereocenters. The first-order valence-corrected chi connectivity index (χ1v) is 3.92. The van der Waals surface area contributed by atoms with Crippen LogP contribution in [0.1, 0.15) is 26.7 Å². The van der Waals surface area contributed by atoms with Gasteiger partial charge in [0.1, 0.15) is 6.54 Å². The number of carbonyl (C=O) groups excluding carboxylic acids is 1. The van der Waals surface area contributed by atoms with E-state index in [1.54, 1.807) is 0 Å². The molecule has 0 saturated heterocycles. The van der Waals surface area contributed by atoms with Crippen molar-refractivity contribution in [2.24, 2.45) is 4.99 Å². The highest BCUT2D eigenvalue weighted by molar-refractivity contribution is 5.81. The highest BCUT2D eigenvalue weighted by Crippen LogP contribution is 1.88. The molecule has 0 rings (SSSR count). The lowest BCUT2D eigenvalue weighted by Gasteiger charge is -1.93. The van der Waals surface area contributed by atoms with Gasteiger partial charge in [-0.25, -0.2) is 0 Å². The van der Waals surface area contributed by atoms with E-state index in [4.69, 9.17) is 4.74 Å². The van der Waals surface area contributed by atoms with E-state index in [0.717, 1.165) is 6.42 Å². The zero-order chi connectivity index (χ0) is 8.53. The van der Waals surface area contributed by atoms with Crippen molar-refractivity contribution in [1.82, 2.24) is 0 Å². The number of rotatable bonds is 6. The van der Waals surface area contributed by atoms with Crippen LogP contribution < -0.4 is 0 Å². The second-order valence-corrected chi connectivity index (χ2v) is 2.19. The van der Waals surface area contributed by atoms with Crippen LogP contribution in [-0.4, -0.2) is 25.3 Å². The van der Waals surface area contributed by atoms with Gasteiger partial charge in [-0.2, -0.15) is 0 Å². The molecule has 0 heterocycles. The predicted octanol–water partition coefficient (Wildman–Crippen LogP) is 1.42. The average molecular weight is 157 g/mol. The van der Waals surface area contributed by atoms with Gasteiger partial charge in [-0.05, 0) is 13.3 Å². The lowest BCUT2D eigenvalue weighted by Crippen LogP contribution is -2.01. The summed E-state index contributed by atoms with van der Waals surface area (Å²) in [5, 5.41) is 0. The van der Waals surface area contributed by atoms with E-state index in [1.807, 2.05) is 13.8 Å². The molecule has 0 spiro atoms. The molecular formula is C8H15NO2. The van der Waals surface area contributed by atoms with Crippen LogP contribution in [0.25, 0.3) is 0 Å². The van der Waals surface area contributed by atoms with E-state index < -0.39 is 0 Å². The number of nitrogens with zero attached hydrogens (tertiary/aromatic N) is 1. The van der Waals surface area contributed by atoms with Gasteiger partial charge in [0.15, 0.2) is 12.2 Å². The second kappa shape index (κ2) is 7.25. The lowest BCUT2D eigenvalue weighted by molar-refractivity contribution is -0.117. The number of Topliss-reactive ketones (excluding diaryl/α,β-unsaturated/α-hetero) is 1. The fourth-order valence-corrected chi connectivity index (χ4v) is 0.624. The van der Waals surface area contributed by atoms with Crippen LogP contribution >= 0.6 is 0 Å². The minimum absolute atomic E-state index is 0.170. The highest BCUT2D eigenvalue weighted by Gasteiger charge is 1.95. The Bertz CT molecular complexity index is 132. The van der Waals surface area contributed by atoms with Crippen LogP contribution in [0.4, 0.5) is 0 Å². The topological polar surface area (TPSA) is 38.7 Å². The van der Waals surface area contributed by atoms with E-state index in [2.05, 4.69) is 4.99 Å². The molecule has 0 amide bonds. The van der Waals surface area contributed by atoms with E-state index in [0.29, 0.717) is 13.0 Å². The minimum Gasteiger partial charge on any atom is -0.484 e. The molecule has 0 aromatic carbocycles. The zero-order valence-electron chi connectivity index (χ0n) is 7.17. The zero-order valence-corrected chi connectivity index (χ0v) is 7.17. The van der Waals surface area contributed by atoms with Crippen molar-refractivity contribution >= 4 is 12.2 Å². The van der Waals surface area contributed by atoms with Gasteiger partial charge in [-0.1, -0.05) is 6.92 Å². The smallest absolute Gasteiger partial charge is 0.169 e. The van der Waals surface area contributed by atoms with Crippen molar-refractivity contribution in [3.05, 3.63) is 0 Å². The van der Waals surface area contributed by atoms with Gasteiger partial charge < -0.3 is 4.74 Å². The van der Waals surface area contributed by atoms with E-state index in [-0.39, 0.29) is 12.3 Å². The average Bonchev–Trinajstić information content (AvgIpc) is 1.99. The number of ether oxygens (including phenoxy) is 1. The molecule has 0 radical (unpaired) electrons. The maximum atomic E-state index is 10.8. The second-order valence-electron chi connectivity index (χ2n) is 2.19. The molecule has 64 valence electrons. The van der Waals surface area contributed by atoms with Crippen LogP contribution in [-0.2, 0) is 9.53 Å². The maximum absolute atomic E-state index is 10.8. The van der Waals surface area contributed by atoms with Gasteiger partial charge >= 0.3 is 0 Å². The Labute approximate surface area is 67.5 Å². The SMILES string of the molecule is CCCC(=O)CN=COCC. The fraction of sp³-hybridized carbons (Fsp3) is 0.750. The summed E-state index contributed by atoms with van der Waals surface area (Å²) < 4.78 is 4.82. The normalized spacial score (nSPS) is 10.4. The Balaban J connectivity index is 3.29. The summed E-state index contributed by atoms with van der Waals surface area (Å²) >= 11 is 0. The molecule has 0 fully saturated rings. The van der Waals surface area contributed by atoms with Crippen LogP contribution in [0, 0.1) is 0 Å². The molecule has 11 heavy (non-hydrogen) atoms. The summed E-state index contributed by atoms with van der Waals surface area (Å²) in [6.45, 7) is 4.71. The standard InChI is InChI=1S/C8H15NO2/c1-3-5-8(10)6-9-7-11-4-2/h7H,3-6H2,1-2H3. The molecule has 3 nitrogen and oxygen atoms in total. The monoisotopic (exact) mass is 157 g/mol. The number of hydrogen-bond acceptors (Lipinski definition) is 3. The number of carbonyl (C=O) groups is 1. The lowest BCUT2D eigenvalue weighted by atomic mass is 10.2. The third-order valence-corrected chi connectivity index (χ3v) is 1.11. The molecule has 0 aliphatic heterocycles. The van der Waals surface area contributed by atoms with Crippen molar-refractivity contribution in [1.29, 1.82) is 0 Å². The third kappa shape index (κ3) is 7.03. The molecule has 0 aromatic rings. The Kier molecular flexibility index (Phi) is 6.68. The van der Waals surface area contributed by atoms with Gasteiger partial charge in [-0.3, -0.25) is 9.79 Å². The Hall–Kier alpha value is -0.860. The Morgan fingerprint density at radius 2 is 2.27 bits per heavy atom. The third-order valence-electron chi connectivity index (χ3n) is 1.11. The van der Waals surface area contributed by atoms with Gasteiger partial charge in [0.25, 0.3) is 0 Å². The molecule has 0 unspecified atom stereocenters. The molecule has 3 heteroatoms.